The highest BCUT2D eigenvalue weighted by Crippen LogP contribution is 2.23. The standard InChI is InChI=1S/C14H22N2O/c1-17-14-7-13(8-14)16-10-12(9-15)11-5-3-2-4-6-11/h2-6,12-14,16H,7-10,15H2,1H3. The van der Waals surface area contributed by atoms with E-state index in [0.717, 1.165) is 19.4 Å². The molecule has 1 aliphatic carbocycles. The van der Waals surface area contributed by atoms with Crippen LogP contribution in [0, 0.1) is 0 Å². The fourth-order valence-corrected chi connectivity index (χ4v) is 2.30. The molecule has 1 fully saturated rings. The van der Waals surface area contributed by atoms with Gasteiger partial charge in [-0.05, 0) is 18.4 Å². The van der Waals surface area contributed by atoms with Gasteiger partial charge in [0.25, 0.3) is 0 Å². The maximum atomic E-state index is 5.84. The summed E-state index contributed by atoms with van der Waals surface area (Å²) in [6.45, 7) is 1.65. The SMILES string of the molecule is COC1CC(NCC(CN)c2ccccc2)C1. The number of hydrogen-bond acceptors (Lipinski definition) is 3. The van der Waals surface area contributed by atoms with Crippen molar-refractivity contribution in [3.05, 3.63) is 35.9 Å². The summed E-state index contributed by atoms with van der Waals surface area (Å²) in [4.78, 5) is 0. The lowest BCUT2D eigenvalue weighted by molar-refractivity contribution is 0.0172. The Morgan fingerprint density at radius 2 is 2.06 bits per heavy atom. The summed E-state index contributed by atoms with van der Waals surface area (Å²) in [5.41, 5.74) is 7.16. The Morgan fingerprint density at radius 1 is 1.35 bits per heavy atom. The maximum absolute atomic E-state index is 5.84. The minimum atomic E-state index is 0.415. The molecule has 2 rings (SSSR count). The summed E-state index contributed by atoms with van der Waals surface area (Å²) in [6.07, 6.45) is 2.71. The van der Waals surface area contributed by atoms with Crippen molar-refractivity contribution in [1.29, 1.82) is 0 Å². The zero-order valence-corrected chi connectivity index (χ0v) is 10.4. The molecule has 3 nitrogen and oxygen atoms in total. The van der Waals surface area contributed by atoms with Crippen molar-refractivity contribution in [2.75, 3.05) is 20.2 Å². The van der Waals surface area contributed by atoms with E-state index in [2.05, 4.69) is 29.6 Å². The summed E-state index contributed by atoms with van der Waals surface area (Å²) in [5.74, 6) is 0.415. The van der Waals surface area contributed by atoms with E-state index in [1.54, 1.807) is 7.11 Å². The topological polar surface area (TPSA) is 47.3 Å². The van der Waals surface area contributed by atoms with Crippen LogP contribution in [-0.2, 0) is 4.74 Å². The fourth-order valence-electron chi connectivity index (χ4n) is 2.30. The molecule has 0 aromatic heterocycles. The second-order valence-corrected chi connectivity index (χ2v) is 4.78. The zero-order valence-electron chi connectivity index (χ0n) is 10.4. The summed E-state index contributed by atoms with van der Waals surface area (Å²) < 4.78 is 5.27. The first kappa shape index (κ1) is 12.6. The second kappa shape index (κ2) is 6.15. The Hall–Kier alpha value is -0.900. The number of nitrogens with one attached hydrogen (secondary N) is 1. The summed E-state index contributed by atoms with van der Waals surface area (Å²) in [5, 5.41) is 3.57. The normalized spacial score (nSPS) is 25.3. The molecule has 0 aliphatic heterocycles. The van der Waals surface area contributed by atoms with Gasteiger partial charge in [0, 0.05) is 32.2 Å². The number of rotatable bonds is 6. The number of ether oxygens (including phenoxy) is 1. The molecule has 0 spiro atoms. The third-order valence-electron chi connectivity index (χ3n) is 3.64. The van der Waals surface area contributed by atoms with Crippen molar-refractivity contribution in [2.24, 2.45) is 5.73 Å². The number of benzene rings is 1. The molecule has 0 heterocycles. The molecule has 3 heteroatoms. The molecular formula is C14H22N2O. The van der Waals surface area contributed by atoms with Crippen molar-refractivity contribution in [3.63, 3.8) is 0 Å². The van der Waals surface area contributed by atoms with Gasteiger partial charge in [0.2, 0.25) is 0 Å². The van der Waals surface area contributed by atoms with Crippen molar-refractivity contribution >= 4 is 0 Å². The molecule has 1 saturated carbocycles. The summed E-state index contributed by atoms with van der Waals surface area (Å²) >= 11 is 0. The maximum Gasteiger partial charge on any atom is 0.0601 e. The molecule has 0 bridgehead atoms. The van der Waals surface area contributed by atoms with Crippen LogP contribution >= 0.6 is 0 Å². The molecular weight excluding hydrogens is 212 g/mol. The molecule has 1 aliphatic rings. The monoisotopic (exact) mass is 234 g/mol. The number of hydrogen-bond donors (Lipinski definition) is 2. The second-order valence-electron chi connectivity index (χ2n) is 4.78. The van der Waals surface area contributed by atoms with E-state index in [-0.39, 0.29) is 0 Å². The van der Waals surface area contributed by atoms with E-state index in [1.165, 1.54) is 5.56 Å². The first-order chi connectivity index (χ1) is 8.33. The van der Waals surface area contributed by atoms with Gasteiger partial charge in [0.1, 0.15) is 0 Å². The van der Waals surface area contributed by atoms with Crippen LogP contribution in [0.5, 0.6) is 0 Å². The fraction of sp³-hybridized carbons (Fsp3) is 0.571. The van der Waals surface area contributed by atoms with E-state index in [1.807, 2.05) is 6.07 Å². The predicted molar refractivity (Wildman–Crippen MR) is 70.1 cm³/mol. The Balaban J connectivity index is 1.77. The van der Waals surface area contributed by atoms with Crippen LogP contribution in [0.15, 0.2) is 30.3 Å². The quantitative estimate of drug-likeness (QED) is 0.784. The first-order valence-electron chi connectivity index (χ1n) is 6.34. The predicted octanol–water partition coefficient (Wildman–Crippen LogP) is 1.50. The molecule has 1 aromatic carbocycles. The van der Waals surface area contributed by atoms with E-state index in [0.29, 0.717) is 24.6 Å². The van der Waals surface area contributed by atoms with E-state index < -0.39 is 0 Å². The Kier molecular flexibility index (Phi) is 4.54. The number of nitrogens with two attached hydrogens (primary N) is 1. The highest BCUT2D eigenvalue weighted by atomic mass is 16.5. The minimum absolute atomic E-state index is 0.415. The lowest BCUT2D eigenvalue weighted by atomic mass is 9.88. The Labute approximate surface area is 103 Å². The lowest BCUT2D eigenvalue weighted by Gasteiger charge is -2.35. The molecule has 1 unspecified atom stereocenters. The highest BCUT2D eigenvalue weighted by molar-refractivity contribution is 5.20. The number of methoxy groups -OCH3 is 1. The van der Waals surface area contributed by atoms with Gasteiger partial charge in [-0.25, -0.2) is 0 Å². The Bertz CT molecular complexity index is 322. The summed E-state index contributed by atoms with van der Waals surface area (Å²) in [6, 6.07) is 11.1. The molecule has 3 N–H and O–H groups in total. The zero-order chi connectivity index (χ0) is 12.1. The van der Waals surface area contributed by atoms with Gasteiger partial charge in [0.15, 0.2) is 0 Å². The molecule has 94 valence electrons. The van der Waals surface area contributed by atoms with Crippen LogP contribution in [0.2, 0.25) is 0 Å². The van der Waals surface area contributed by atoms with Crippen molar-refractivity contribution in [3.8, 4) is 0 Å². The van der Waals surface area contributed by atoms with Crippen LogP contribution in [0.1, 0.15) is 24.3 Å². The molecule has 0 saturated heterocycles. The van der Waals surface area contributed by atoms with Crippen LogP contribution in [-0.4, -0.2) is 32.3 Å². The van der Waals surface area contributed by atoms with E-state index in [4.69, 9.17) is 10.5 Å². The molecule has 0 radical (unpaired) electrons. The van der Waals surface area contributed by atoms with Crippen molar-refractivity contribution in [1.82, 2.24) is 5.32 Å². The van der Waals surface area contributed by atoms with Gasteiger partial charge in [-0.1, -0.05) is 30.3 Å². The third kappa shape index (κ3) is 3.28. The van der Waals surface area contributed by atoms with E-state index in [9.17, 15) is 0 Å². The van der Waals surface area contributed by atoms with Gasteiger partial charge in [0.05, 0.1) is 6.10 Å². The van der Waals surface area contributed by atoms with Gasteiger partial charge < -0.3 is 15.8 Å². The average Bonchev–Trinajstić information content (AvgIpc) is 2.33. The largest absolute Gasteiger partial charge is 0.381 e. The van der Waals surface area contributed by atoms with Crippen molar-refractivity contribution < 1.29 is 4.74 Å². The van der Waals surface area contributed by atoms with Crippen LogP contribution < -0.4 is 11.1 Å². The van der Waals surface area contributed by atoms with Crippen molar-refractivity contribution in [2.45, 2.75) is 30.9 Å². The highest BCUT2D eigenvalue weighted by Gasteiger charge is 2.28. The van der Waals surface area contributed by atoms with Gasteiger partial charge in [-0.3, -0.25) is 0 Å². The molecule has 1 aromatic rings. The van der Waals surface area contributed by atoms with Gasteiger partial charge in [-0.2, -0.15) is 0 Å². The molecule has 17 heavy (non-hydrogen) atoms. The van der Waals surface area contributed by atoms with Crippen LogP contribution in [0.4, 0.5) is 0 Å². The summed E-state index contributed by atoms with van der Waals surface area (Å²) in [7, 11) is 1.79. The third-order valence-corrected chi connectivity index (χ3v) is 3.64. The average molecular weight is 234 g/mol. The van der Waals surface area contributed by atoms with Gasteiger partial charge >= 0.3 is 0 Å². The molecule has 1 atom stereocenters. The first-order valence-corrected chi connectivity index (χ1v) is 6.34. The minimum Gasteiger partial charge on any atom is -0.381 e. The smallest absolute Gasteiger partial charge is 0.0601 e. The molecule has 0 amide bonds. The lowest BCUT2D eigenvalue weighted by Crippen LogP contribution is -2.46. The van der Waals surface area contributed by atoms with Crippen LogP contribution in [0.3, 0.4) is 0 Å². The van der Waals surface area contributed by atoms with Crippen LogP contribution in [0.25, 0.3) is 0 Å². The van der Waals surface area contributed by atoms with Gasteiger partial charge in [-0.15, -0.1) is 0 Å². The van der Waals surface area contributed by atoms with E-state index >= 15 is 0 Å². The Morgan fingerprint density at radius 3 is 2.65 bits per heavy atom.